The van der Waals surface area contributed by atoms with Crippen LogP contribution in [0.2, 0.25) is 0 Å². The summed E-state index contributed by atoms with van der Waals surface area (Å²) in [4.78, 5) is 35.3. The van der Waals surface area contributed by atoms with Crippen molar-refractivity contribution in [3.05, 3.63) is 0 Å². The minimum Gasteiger partial charge on any atom is -0.481 e. The fourth-order valence-corrected chi connectivity index (χ4v) is 2.11. The summed E-state index contributed by atoms with van der Waals surface area (Å²) in [6.07, 6.45) is 2.87. The molecule has 0 spiro atoms. The van der Waals surface area contributed by atoms with Crippen molar-refractivity contribution in [2.75, 3.05) is 27.2 Å². The molecule has 0 saturated heterocycles. The molecule has 7 heteroatoms. The minimum atomic E-state index is -0.850. The Bertz CT molecular complexity index is 379. The Morgan fingerprint density at radius 1 is 1.35 bits per heavy atom. The number of ether oxygens (including phenoxy) is 1. The highest BCUT2D eigenvalue weighted by molar-refractivity contribution is 5.78. The first-order valence-corrected chi connectivity index (χ1v) is 6.70. The summed E-state index contributed by atoms with van der Waals surface area (Å²) in [5.74, 6) is -1.16. The topological polar surface area (TPSA) is 95.9 Å². The molecule has 0 aromatic rings. The van der Waals surface area contributed by atoms with E-state index in [0.717, 1.165) is 6.42 Å². The first-order chi connectivity index (χ1) is 9.41. The molecule has 0 aromatic carbocycles. The molecule has 0 heterocycles. The summed E-state index contributed by atoms with van der Waals surface area (Å²) in [5.41, 5.74) is -0.789. The predicted octanol–water partition coefficient (Wildman–Crippen LogP) is 0.836. The number of carbonyl (C=O) groups excluding carboxylic acids is 2. The number of amides is 2. The monoisotopic (exact) mass is 286 g/mol. The normalized spacial score (nSPS) is 15.9. The molecule has 0 radical (unpaired) electrons. The highest BCUT2D eigenvalue weighted by atomic mass is 16.5. The van der Waals surface area contributed by atoms with E-state index in [1.165, 1.54) is 12.0 Å². The fraction of sp³-hybridized carbons (Fsp3) is 0.769. The van der Waals surface area contributed by atoms with Gasteiger partial charge in [0.05, 0.1) is 12.5 Å². The molecule has 20 heavy (non-hydrogen) atoms. The second-order valence-electron chi connectivity index (χ2n) is 5.20. The van der Waals surface area contributed by atoms with Gasteiger partial charge in [-0.3, -0.25) is 9.59 Å². The van der Waals surface area contributed by atoms with Crippen molar-refractivity contribution in [1.29, 1.82) is 0 Å². The van der Waals surface area contributed by atoms with Gasteiger partial charge in [-0.15, -0.1) is 0 Å². The Morgan fingerprint density at radius 3 is 2.45 bits per heavy atom. The van der Waals surface area contributed by atoms with Crippen molar-refractivity contribution in [2.24, 2.45) is 5.41 Å². The van der Waals surface area contributed by atoms with E-state index in [1.807, 2.05) is 0 Å². The number of hydrogen-bond acceptors (Lipinski definition) is 4. The standard InChI is InChI=1S/C13H22N2O5/c1-15(8-3-5-10(16)20-2)12(19)14-9-13(11(17)18)6-4-7-13/h3-9H2,1-2H3,(H,14,19)(H,17,18). The first kappa shape index (κ1) is 16.3. The summed E-state index contributed by atoms with van der Waals surface area (Å²) >= 11 is 0. The average Bonchev–Trinajstić information content (AvgIpc) is 2.36. The third kappa shape index (κ3) is 4.11. The lowest BCUT2D eigenvalue weighted by Crippen LogP contribution is -2.50. The van der Waals surface area contributed by atoms with Crippen LogP contribution < -0.4 is 5.32 Å². The second-order valence-corrected chi connectivity index (χ2v) is 5.20. The predicted molar refractivity (Wildman–Crippen MR) is 71.2 cm³/mol. The van der Waals surface area contributed by atoms with Gasteiger partial charge in [0.25, 0.3) is 0 Å². The maximum absolute atomic E-state index is 11.8. The van der Waals surface area contributed by atoms with Gasteiger partial charge in [-0.2, -0.15) is 0 Å². The molecule has 0 unspecified atom stereocenters. The largest absolute Gasteiger partial charge is 0.481 e. The van der Waals surface area contributed by atoms with Gasteiger partial charge in [-0.25, -0.2) is 4.79 Å². The molecule has 114 valence electrons. The molecule has 0 aromatic heterocycles. The van der Waals surface area contributed by atoms with Crippen LogP contribution in [0.1, 0.15) is 32.1 Å². The molecule has 1 saturated carbocycles. The maximum Gasteiger partial charge on any atom is 0.317 e. The van der Waals surface area contributed by atoms with Crippen molar-refractivity contribution in [3.8, 4) is 0 Å². The van der Waals surface area contributed by atoms with E-state index in [1.54, 1.807) is 7.05 Å². The number of carboxylic acids is 1. The van der Waals surface area contributed by atoms with Crippen LogP contribution in [0.15, 0.2) is 0 Å². The molecule has 0 atom stereocenters. The van der Waals surface area contributed by atoms with E-state index in [9.17, 15) is 14.4 Å². The lowest BCUT2D eigenvalue weighted by atomic mass is 9.69. The average molecular weight is 286 g/mol. The van der Waals surface area contributed by atoms with Gasteiger partial charge < -0.3 is 20.1 Å². The van der Waals surface area contributed by atoms with E-state index in [-0.39, 0.29) is 25.0 Å². The zero-order valence-electron chi connectivity index (χ0n) is 12.0. The lowest BCUT2D eigenvalue weighted by molar-refractivity contribution is -0.153. The Labute approximate surface area is 118 Å². The smallest absolute Gasteiger partial charge is 0.317 e. The summed E-state index contributed by atoms with van der Waals surface area (Å²) in [6.45, 7) is 0.573. The lowest BCUT2D eigenvalue weighted by Gasteiger charge is -2.37. The fourth-order valence-electron chi connectivity index (χ4n) is 2.11. The third-order valence-electron chi connectivity index (χ3n) is 3.79. The van der Waals surface area contributed by atoms with E-state index in [4.69, 9.17) is 5.11 Å². The molecular formula is C13H22N2O5. The molecule has 2 amide bonds. The van der Waals surface area contributed by atoms with Gasteiger partial charge in [0.15, 0.2) is 0 Å². The van der Waals surface area contributed by atoms with Gasteiger partial charge in [0.1, 0.15) is 0 Å². The number of nitrogens with zero attached hydrogens (tertiary/aromatic N) is 1. The van der Waals surface area contributed by atoms with Crippen LogP contribution in [-0.4, -0.2) is 55.2 Å². The summed E-state index contributed by atoms with van der Waals surface area (Å²) in [7, 11) is 2.93. The van der Waals surface area contributed by atoms with Crippen molar-refractivity contribution in [2.45, 2.75) is 32.1 Å². The van der Waals surface area contributed by atoms with E-state index in [0.29, 0.717) is 25.8 Å². The summed E-state index contributed by atoms with van der Waals surface area (Å²) in [6, 6.07) is -0.317. The van der Waals surface area contributed by atoms with Crippen molar-refractivity contribution in [3.63, 3.8) is 0 Å². The van der Waals surface area contributed by atoms with Crippen LogP contribution >= 0.6 is 0 Å². The number of urea groups is 1. The number of hydrogen-bond donors (Lipinski definition) is 2. The Kier molecular flexibility index (Phi) is 5.79. The number of aliphatic carboxylic acids is 1. The van der Waals surface area contributed by atoms with Gasteiger partial charge in [-0.1, -0.05) is 6.42 Å². The first-order valence-electron chi connectivity index (χ1n) is 6.70. The van der Waals surface area contributed by atoms with E-state index < -0.39 is 11.4 Å². The number of esters is 1. The van der Waals surface area contributed by atoms with Crippen LogP contribution in [0.3, 0.4) is 0 Å². The molecule has 1 aliphatic rings. The number of methoxy groups -OCH3 is 1. The molecule has 1 fully saturated rings. The summed E-state index contributed by atoms with van der Waals surface area (Å²) in [5, 5.41) is 11.8. The van der Waals surface area contributed by atoms with Crippen LogP contribution in [-0.2, 0) is 14.3 Å². The molecule has 0 bridgehead atoms. The van der Waals surface area contributed by atoms with Gasteiger partial charge in [-0.05, 0) is 19.3 Å². The van der Waals surface area contributed by atoms with Gasteiger partial charge in [0.2, 0.25) is 0 Å². The van der Waals surface area contributed by atoms with Crippen LogP contribution in [0, 0.1) is 5.41 Å². The van der Waals surface area contributed by atoms with Crippen molar-refractivity contribution >= 4 is 18.0 Å². The van der Waals surface area contributed by atoms with Crippen LogP contribution in [0.25, 0.3) is 0 Å². The van der Waals surface area contributed by atoms with E-state index in [2.05, 4.69) is 10.1 Å². The number of carboxylic acid groups (broad SMARTS) is 1. The van der Waals surface area contributed by atoms with Crippen molar-refractivity contribution < 1.29 is 24.2 Å². The SMILES string of the molecule is COC(=O)CCCN(C)C(=O)NCC1(C(=O)O)CCC1. The number of nitrogens with one attached hydrogen (secondary N) is 1. The summed E-state index contributed by atoms with van der Waals surface area (Å²) < 4.78 is 4.51. The van der Waals surface area contributed by atoms with Crippen molar-refractivity contribution in [1.82, 2.24) is 10.2 Å². The second kappa shape index (κ2) is 7.12. The molecular weight excluding hydrogens is 264 g/mol. The molecule has 0 aliphatic heterocycles. The van der Waals surface area contributed by atoms with E-state index >= 15 is 0 Å². The van der Waals surface area contributed by atoms with Crippen LogP contribution in [0.4, 0.5) is 4.79 Å². The molecule has 1 aliphatic carbocycles. The highest BCUT2D eigenvalue weighted by Crippen LogP contribution is 2.40. The highest BCUT2D eigenvalue weighted by Gasteiger charge is 2.44. The zero-order chi connectivity index (χ0) is 15.2. The zero-order valence-corrected chi connectivity index (χ0v) is 12.0. The number of carbonyl (C=O) groups is 3. The maximum atomic E-state index is 11.8. The van der Waals surface area contributed by atoms with Gasteiger partial charge >= 0.3 is 18.0 Å². The minimum absolute atomic E-state index is 0.155. The molecule has 2 N–H and O–H groups in total. The Morgan fingerprint density at radius 2 is 2.00 bits per heavy atom. The quantitative estimate of drug-likeness (QED) is 0.676. The Hall–Kier alpha value is -1.79. The molecule has 1 rings (SSSR count). The molecule has 7 nitrogen and oxygen atoms in total. The Balaban J connectivity index is 2.28. The van der Waals surface area contributed by atoms with Crippen LogP contribution in [0.5, 0.6) is 0 Å². The number of rotatable bonds is 7. The van der Waals surface area contributed by atoms with Gasteiger partial charge in [0, 0.05) is 26.6 Å². The third-order valence-corrected chi connectivity index (χ3v) is 3.79.